The third-order valence-electron chi connectivity index (χ3n) is 11.7. The number of anilines is 1. The van der Waals surface area contributed by atoms with Crippen LogP contribution >= 0.6 is 58.0 Å². The van der Waals surface area contributed by atoms with Crippen molar-refractivity contribution in [2.45, 2.75) is 103 Å². The van der Waals surface area contributed by atoms with Crippen LogP contribution in [0.4, 0.5) is 15.3 Å². The summed E-state index contributed by atoms with van der Waals surface area (Å²) in [5, 5.41) is 16.3. The van der Waals surface area contributed by atoms with Crippen LogP contribution in [0.5, 0.6) is 5.75 Å². The number of carbonyl (C=O) groups is 3. The van der Waals surface area contributed by atoms with E-state index in [9.17, 15) is 14.4 Å². The summed E-state index contributed by atoms with van der Waals surface area (Å²) < 4.78 is 20.7. The number of nitrogens with one attached hydrogen (secondary N) is 2. The summed E-state index contributed by atoms with van der Waals surface area (Å²) in [6.07, 6.45) is 10.7. The van der Waals surface area contributed by atoms with E-state index in [1.807, 2.05) is 66.0 Å². The van der Waals surface area contributed by atoms with Crippen LogP contribution in [-0.4, -0.2) is 56.6 Å². The van der Waals surface area contributed by atoms with Crippen molar-refractivity contribution in [2.75, 3.05) is 5.48 Å². The number of benzene rings is 5. The molecule has 79 heavy (non-hydrogen) atoms. The molecule has 0 aliphatic carbocycles. The van der Waals surface area contributed by atoms with Crippen molar-refractivity contribution in [3.63, 3.8) is 0 Å². The second-order valence-electron chi connectivity index (χ2n) is 17.8. The molecule has 0 fully saturated rings. The van der Waals surface area contributed by atoms with Crippen LogP contribution in [-0.2, 0) is 69.5 Å². The second kappa shape index (κ2) is 38.1. The van der Waals surface area contributed by atoms with E-state index in [0.29, 0.717) is 35.7 Å². The second-order valence-corrected chi connectivity index (χ2v) is 20.7. The highest BCUT2D eigenvalue weighted by atomic mass is 127. The quantitative estimate of drug-likeness (QED) is 0.00847. The Hall–Kier alpha value is -6.63. The summed E-state index contributed by atoms with van der Waals surface area (Å²) in [6, 6.07) is 47.4. The number of nitrogens with two attached hydrogens (primary N) is 2. The Morgan fingerprint density at radius 2 is 1.09 bits per heavy atom. The molecule has 8 rings (SSSR count). The van der Waals surface area contributed by atoms with Crippen LogP contribution in [0.3, 0.4) is 0 Å². The average molecular weight is 1240 g/mol. The monoisotopic (exact) mass is 1240 g/mol. The number of alkyl carbamates (subject to hydrolysis) is 1. The Morgan fingerprint density at radius 1 is 0.582 bits per heavy atom. The van der Waals surface area contributed by atoms with Crippen LogP contribution < -0.4 is 27.0 Å². The lowest BCUT2D eigenvalue weighted by molar-refractivity contribution is -0.215. The van der Waals surface area contributed by atoms with Crippen LogP contribution in [0.15, 0.2) is 180 Å². The molecule has 0 aliphatic rings. The van der Waals surface area contributed by atoms with Crippen molar-refractivity contribution in [1.29, 1.82) is 0 Å². The van der Waals surface area contributed by atoms with Crippen molar-refractivity contribution in [1.82, 2.24) is 20.3 Å². The highest BCUT2D eigenvalue weighted by Gasteiger charge is 2.21. The maximum Gasteiger partial charge on any atom is 0.514 e. The van der Waals surface area contributed by atoms with E-state index in [1.165, 1.54) is 62.8 Å². The number of thiazole rings is 3. The fourth-order valence-corrected chi connectivity index (χ4v) is 9.45. The van der Waals surface area contributed by atoms with Gasteiger partial charge in [0.1, 0.15) is 35.6 Å². The number of hydrogen-bond donors (Lipinski definition) is 5. The van der Waals surface area contributed by atoms with Crippen molar-refractivity contribution in [2.24, 2.45) is 17.4 Å². The largest absolute Gasteiger partial charge is 0.514 e. The number of aromatic nitrogens is 3. The zero-order valence-corrected chi connectivity index (χ0v) is 47.7. The molecule has 3 aromatic heterocycles. The van der Waals surface area contributed by atoms with Crippen molar-refractivity contribution < 1.29 is 43.6 Å². The first-order valence-corrected chi connectivity index (χ1v) is 27.7. The zero-order valence-electron chi connectivity index (χ0n) is 43.0. The number of carbonyl (C=O) groups excluding carboxylic acids is 3. The summed E-state index contributed by atoms with van der Waals surface area (Å²) >= 11 is 4.30. The molecule has 0 unspecified atom stereocenters. The molecular formula is C59H70IN7O9S3. The van der Waals surface area contributed by atoms with Gasteiger partial charge < -0.3 is 35.7 Å². The molecule has 3 heterocycles. The number of halogens is 1. The maximum absolute atomic E-state index is 12.7. The van der Waals surface area contributed by atoms with E-state index in [0.717, 1.165) is 54.0 Å². The minimum Gasteiger partial charge on any atom is -0.460 e. The van der Waals surface area contributed by atoms with Gasteiger partial charge >= 0.3 is 18.2 Å². The Kier molecular flexibility index (Phi) is 31.3. The lowest BCUT2D eigenvalue weighted by atomic mass is 9.89. The zero-order chi connectivity index (χ0) is 54.1. The highest BCUT2D eigenvalue weighted by Crippen LogP contribution is 2.23. The van der Waals surface area contributed by atoms with Gasteiger partial charge in [0.15, 0.2) is 0 Å². The normalized spacial score (nSPS) is 11.9. The molecule has 0 saturated carbocycles. The molecule has 0 spiro atoms. The Labute approximate surface area is 491 Å². The number of esters is 1. The summed E-state index contributed by atoms with van der Waals surface area (Å²) in [4.78, 5) is 53.5. The van der Waals surface area contributed by atoms with Crippen LogP contribution in [0.25, 0.3) is 0 Å². The van der Waals surface area contributed by atoms with Crippen molar-refractivity contribution >= 4 is 81.9 Å². The van der Waals surface area contributed by atoms with E-state index in [4.69, 9.17) is 35.7 Å². The average Bonchev–Trinajstić information content (AvgIpc) is 4.29. The van der Waals surface area contributed by atoms with Crippen LogP contribution in [0.1, 0.15) is 76.7 Å². The number of rotatable bonds is 26. The Bertz CT molecular complexity index is 2670. The molecule has 8 aromatic rings. The van der Waals surface area contributed by atoms with E-state index >= 15 is 0 Å². The molecule has 16 nitrogen and oxygen atoms in total. The Balaban J connectivity index is 0.000000277. The summed E-state index contributed by atoms with van der Waals surface area (Å²) in [7, 11) is 0. The minimum absolute atomic E-state index is 0. The van der Waals surface area contributed by atoms with Gasteiger partial charge in [0.2, 0.25) is 0 Å². The van der Waals surface area contributed by atoms with E-state index < -0.39 is 12.2 Å². The first kappa shape index (κ1) is 64.9. The lowest BCUT2D eigenvalue weighted by Gasteiger charge is -2.22. The molecule has 7 N–H and O–H groups in total. The van der Waals surface area contributed by atoms with Gasteiger partial charge in [-0.25, -0.2) is 30.3 Å². The lowest BCUT2D eigenvalue weighted by Crippen LogP contribution is -2.37. The van der Waals surface area contributed by atoms with Gasteiger partial charge in [-0.2, -0.15) is 0 Å². The summed E-state index contributed by atoms with van der Waals surface area (Å²) in [5.41, 5.74) is 21.7. The van der Waals surface area contributed by atoms with Crippen molar-refractivity contribution in [3.8, 4) is 5.75 Å². The molecule has 1 amide bonds. The fraction of sp³-hybridized carbons (Fsp3) is 0.288. The van der Waals surface area contributed by atoms with Gasteiger partial charge in [-0.05, 0) is 104 Å². The smallest absolute Gasteiger partial charge is 0.460 e. The first-order chi connectivity index (χ1) is 37.6. The molecule has 20 heteroatoms. The number of nitrogens with zero attached hydrogens (tertiary/aromatic N) is 3. The molecule has 5 aromatic carbocycles. The summed E-state index contributed by atoms with van der Waals surface area (Å²) in [6.45, 7) is 0.461. The van der Waals surface area contributed by atoms with Gasteiger partial charge in [-0.1, -0.05) is 129 Å². The minimum atomic E-state index is -0.811. The van der Waals surface area contributed by atoms with Crippen LogP contribution in [0, 0.1) is 5.92 Å². The molecule has 0 radical (unpaired) electrons. The van der Waals surface area contributed by atoms with Gasteiger partial charge in [0.25, 0.3) is 0 Å². The predicted molar refractivity (Wildman–Crippen MR) is 323 cm³/mol. The molecule has 0 saturated heterocycles. The van der Waals surface area contributed by atoms with E-state index in [2.05, 4.69) is 91.4 Å². The molecule has 420 valence electrons. The molecule has 4 atom stereocenters. The van der Waals surface area contributed by atoms with Gasteiger partial charge in [0.05, 0.1) is 16.1 Å². The van der Waals surface area contributed by atoms with E-state index in [-0.39, 0.29) is 81.2 Å². The summed E-state index contributed by atoms with van der Waals surface area (Å²) in [5.74, 6) is 0.153. The Morgan fingerprint density at radius 3 is 1.57 bits per heavy atom. The number of amides is 1. The number of hydrogen-bond acceptors (Lipinski definition) is 18. The standard InChI is InChI=1S/C29H31N3O4S2.C18H24N2.C11H10N2O5S.CH4.HI/c33-28(35-19-26-18-30-21-38-26)17-24(15-22-7-3-1-4-8-22)11-12-25(16-23-9-5-2-6-10-23)32-29(34)36-20-27-31-13-14-37-27;19-17(13-15-7-3-1-4-8-15)11-12-18(20)14-16-9-5-2-6-10-16;14-11(16-7-10-12-5-6-19-10)17-9-3-1-8(2-4-9)13-18-15;;/h1-10,13-14,18,21,24-25H,11-12,15-17,19-20H2,(H,32,34);1-10,17-18H,11-14,19-20H2;1-6,13,15H,7H2;1H4;1H/t24-,25-;17-,18-;;;/m11.../s1. The third-order valence-corrected chi connectivity index (χ3v) is 13.9. The van der Waals surface area contributed by atoms with Gasteiger partial charge in [-0.3, -0.25) is 9.78 Å². The van der Waals surface area contributed by atoms with Crippen molar-refractivity contribution in [3.05, 3.63) is 218 Å². The van der Waals surface area contributed by atoms with Gasteiger partial charge in [0, 0.05) is 53.9 Å². The highest BCUT2D eigenvalue weighted by molar-refractivity contribution is 14.0. The topological polar surface area (TPSA) is 232 Å². The SMILES string of the molecule is C.I.N[C@H](CC[C@@H](N)Cc1ccccc1)Cc1ccccc1.O=C(C[C@H](CC[C@H](Cc1ccccc1)NC(=O)OCc1nccs1)Cc1ccccc1)OCc1cncs1.O=C(OCc1nccs1)Oc1ccc(NOO)cc1. The fourth-order valence-electron chi connectivity index (χ4n) is 7.88. The molecule has 0 aliphatic heterocycles. The van der Waals surface area contributed by atoms with Gasteiger partial charge in [-0.15, -0.1) is 63.0 Å². The molecular weight excluding hydrogens is 1170 g/mol. The third kappa shape index (κ3) is 27.2. The first-order valence-electron chi connectivity index (χ1n) is 25.1. The number of ether oxygens (including phenoxy) is 4. The maximum atomic E-state index is 12.7. The predicted octanol–water partition coefficient (Wildman–Crippen LogP) is 13.0. The van der Waals surface area contributed by atoms with Crippen LogP contribution in [0.2, 0.25) is 0 Å². The molecule has 0 bridgehead atoms. The van der Waals surface area contributed by atoms with E-state index in [1.54, 1.807) is 41.6 Å².